The number of aromatic nitrogens is 2. The van der Waals surface area contributed by atoms with E-state index in [9.17, 15) is 31.5 Å². The molecule has 1 aromatic heterocycles. The van der Waals surface area contributed by atoms with Crippen LogP contribution in [0.1, 0.15) is 60.1 Å². The third-order valence-electron chi connectivity index (χ3n) is 7.71. The summed E-state index contributed by atoms with van der Waals surface area (Å²) in [6.45, 7) is 5.03. The van der Waals surface area contributed by atoms with Gasteiger partial charge >= 0.3 is 6.18 Å². The number of carbonyl (C=O) groups is 2. The second-order valence-corrected chi connectivity index (χ2v) is 10.9. The number of alkyl halides is 3. The highest BCUT2D eigenvalue weighted by atomic mass is 19.4. The van der Waals surface area contributed by atoms with Crippen molar-refractivity contribution in [3.8, 4) is 5.75 Å². The highest BCUT2D eigenvalue weighted by Gasteiger charge is 2.50. The number of rotatable bonds is 5. The van der Waals surface area contributed by atoms with Gasteiger partial charge in [-0.2, -0.15) is 18.3 Å². The molecule has 3 heterocycles. The molecule has 0 spiro atoms. The van der Waals surface area contributed by atoms with Crippen LogP contribution in [0.4, 0.5) is 22.0 Å². The van der Waals surface area contributed by atoms with Gasteiger partial charge in [-0.3, -0.25) is 14.3 Å². The van der Waals surface area contributed by atoms with Crippen molar-refractivity contribution in [2.24, 2.45) is 0 Å². The molecule has 0 N–H and O–H groups in total. The molecule has 12 heteroatoms. The van der Waals surface area contributed by atoms with Crippen LogP contribution in [0.2, 0.25) is 0 Å². The highest BCUT2D eigenvalue weighted by molar-refractivity contribution is 6.22. The molecule has 2 aromatic carbocycles. The molecule has 2 amide bonds. The summed E-state index contributed by atoms with van der Waals surface area (Å²) >= 11 is 0. The van der Waals surface area contributed by atoms with E-state index >= 15 is 0 Å². The molecule has 0 aliphatic carbocycles. The number of amides is 2. The lowest BCUT2D eigenvalue weighted by Crippen LogP contribution is -2.44. The summed E-state index contributed by atoms with van der Waals surface area (Å²) in [7, 11) is 1.50. The topological polar surface area (TPSA) is 67.7 Å². The molecule has 0 saturated carbocycles. The first-order valence-electron chi connectivity index (χ1n) is 13.4. The standard InChI is InChI=1S/C30H29F5N4O3/c1-5-37-13-12-22-23(28(37)41)25-24(29(2,3)16-38(22)27(40)18-8-11-20(31)21(32)14-18)26(30(33,34)35)36-39(25)15-17-6-9-19(42-4)10-7-17/h6-11,14H,5,12-13,15-16H2,1-4H3. The number of methoxy groups -OCH3 is 1. The average molecular weight is 589 g/mol. The molecule has 3 aromatic rings. The Morgan fingerprint density at radius 2 is 1.76 bits per heavy atom. The minimum atomic E-state index is -4.87. The highest BCUT2D eigenvalue weighted by Crippen LogP contribution is 2.47. The molecule has 0 radical (unpaired) electrons. The summed E-state index contributed by atoms with van der Waals surface area (Å²) in [6, 6.07) is 9.40. The molecule has 2 aliphatic rings. The van der Waals surface area contributed by atoms with Gasteiger partial charge in [0.25, 0.3) is 11.8 Å². The fourth-order valence-electron chi connectivity index (χ4n) is 5.68. The number of hydrogen-bond acceptors (Lipinski definition) is 4. The molecular weight excluding hydrogens is 559 g/mol. The van der Waals surface area contributed by atoms with Gasteiger partial charge in [0.1, 0.15) is 5.75 Å². The maximum absolute atomic E-state index is 14.6. The summed E-state index contributed by atoms with van der Waals surface area (Å²) < 4.78 is 78.0. The predicted molar refractivity (Wildman–Crippen MR) is 144 cm³/mol. The van der Waals surface area contributed by atoms with Gasteiger partial charge in [0.2, 0.25) is 0 Å². The monoisotopic (exact) mass is 588 g/mol. The zero-order valence-corrected chi connectivity index (χ0v) is 23.5. The van der Waals surface area contributed by atoms with Crippen LogP contribution in [0.25, 0.3) is 5.57 Å². The molecule has 42 heavy (non-hydrogen) atoms. The van der Waals surface area contributed by atoms with Crippen molar-refractivity contribution in [2.45, 2.75) is 45.3 Å². The van der Waals surface area contributed by atoms with Crippen LogP contribution in [-0.4, -0.2) is 58.1 Å². The number of likely N-dealkylation sites (N-methyl/N-ethyl adjacent to an activating group) is 1. The number of fused-ring (bicyclic) bond motifs is 2. The van der Waals surface area contributed by atoms with E-state index in [-0.39, 0.29) is 54.1 Å². The fourth-order valence-corrected chi connectivity index (χ4v) is 5.68. The normalized spacial score (nSPS) is 16.7. The Kier molecular flexibility index (Phi) is 7.36. The van der Waals surface area contributed by atoms with E-state index in [0.29, 0.717) is 17.9 Å². The van der Waals surface area contributed by atoms with Gasteiger partial charge in [-0.05, 0) is 42.8 Å². The van der Waals surface area contributed by atoms with Gasteiger partial charge < -0.3 is 14.5 Å². The van der Waals surface area contributed by atoms with E-state index in [1.807, 2.05) is 0 Å². The lowest BCUT2D eigenvalue weighted by Gasteiger charge is -2.35. The number of ether oxygens (including phenoxy) is 1. The van der Waals surface area contributed by atoms with Gasteiger partial charge in [0, 0.05) is 48.3 Å². The number of halogens is 5. The molecule has 5 rings (SSSR count). The number of benzene rings is 2. The second kappa shape index (κ2) is 10.6. The Morgan fingerprint density at radius 3 is 2.36 bits per heavy atom. The summed E-state index contributed by atoms with van der Waals surface area (Å²) in [6.07, 6.45) is -4.70. The molecule has 7 nitrogen and oxygen atoms in total. The van der Waals surface area contributed by atoms with Crippen LogP contribution >= 0.6 is 0 Å². The molecular formula is C30H29F5N4O3. The quantitative estimate of drug-likeness (QED) is 0.363. The second-order valence-electron chi connectivity index (χ2n) is 10.9. The van der Waals surface area contributed by atoms with Crippen molar-refractivity contribution in [3.05, 3.63) is 87.9 Å². The van der Waals surface area contributed by atoms with Gasteiger partial charge in [-0.1, -0.05) is 26.0 Å². The summed E-state index contributed by atoms with van der Waals surface area (Å²) in [5.41, 5.74) is -2.14. The van der Waals surface area contributed by atoms with Crippen LogP contribution in [0, 0.1) is 11.6 Å². The minimum absolute atomic E-state index is 0.0121. The van der Waals surface area contributed by atoms with E-state index in [4.69, 9.17) is 4.74 Å². The van der Waals surface area contributed by atoms with E-state index in [2.05, 4.69) is 5.10 Å². The number of nitrogens with zero attached hydrogens (tertiary/aromatic N) is 4. The van der Waals surface area contributed by atoms with E-state index in [0.717, 1.165) is 18.2 Å². The predicted octanol–water partition coefficient (Wildman–Crippen LogP) is 5.63. The molecule has 0 bridgehead atoms. The number of hydrogen-bond donors (Lipinski definition) is 0. The van der Waals surface area contributed by atoms with Crippen molar-refractivity contribution in [1.82, 2.24) is 19.6 Å². The molecule has 0 atom stereocenters. The van der Waals surface area contributed by atoms with E-state index < -0.39 is 40.7 Å². The minimum Gasteiger partial charge on any atom is -0.497 e. The fraction of sp³-hybridized carbons (Fsp3) is 0.367. The zero-order chi connectivity index (χ0) is 30.6. The third-order valence-corrected chi connectivity index (χ3v) is 7.71. The average Bonchev–Trinajstić information content (AvgIpc) is 3.29. The maximum Gasteiger partial charge on any atom is 0.435 e. The molecule has 2 aliphatic heterocycles. The van der Waals surface area contributed by atoms with Gasteiger partial charge in [-0.15, -0.1) is 0 Å². The van der Waals surface area contributed by atoms with Crippen LogP contribution < -0.4 is 4.74 Å². The Balaban J connectivity index is 1.77. The van der Waals surface area contributed by atoms with Crippen molar-refractivity contribution in [3.63, 3.8) is 0 Å². The van der Waals surface area contributed by atoms with Crippen LogP contribution in [0.5, 0.6) is 5.75 Å². The summed E-state index contributed by atoms with van der Waals surface area (Å²) in [4.78, 5) is 30.5. The largest absolute Gasteiger partial charge is 0.497 e. The SMILES string of the molecule is CCN1CCC2=C(C1=O)c1c(c(C(F)(F)F)nn1Cc1ccc(OC)cc1)C(C)(C)CN2C(=O)c1ccc(F)c(F)c1. The van der Waals surface area contributed by atoms with Gasteiger partial charge in [-0.25, -0.2) is 8.78 Å². The lowest BCUT2D eigenvalue weighted by molar-refractivity contribution is -0.142. The third kappa shape index (κ3) is 5.03. The summed E-state index contributed by atoms with van der Waals surface area (Å²) in [5, 5.41) is 4.02. The van der Waals surface area contributed by atoms with Crippen LogP contribution in [0.15, 0.2) is 48.2 Å². The van der Waals surface area contributed by atoms with Gasteiger partial charge in [0.05, 0.1) is 24.9 Å². The van der Waals surface area contributed by atoms with Crippen molar-refractivity contribution < 1.29 is 36.3 Å². The number of carbonyl (C=O) groups excluding carboxylic acids is 2. The molecule has 0 saturated heterocycles. The van der Waals surface area contributed by atoms with Gasteiger partial charge in [0.15, 0.2) is 17.3 Å². The summed E-state index contributed by atoms with van der Waals surface area (Å²) in [5.74, 6) is -3.10. The first-order valence-corrected chi connectivity index (χ1v) is 13.4. The Bertz CT molecular complexity index is 1590. The maximum atomic E-state index is 14.6. The van der Waals surface area contributed by atoms with Crippen molar-refractivity contribution >= 4 is 17.4 Å². The molecule has 0 fully saturated rings. The van der Waals surface area contributed by atoms with Crippen molar-refractivity contribution in [1.29, 1.82) is 0 Å². The van der Waals surface area contributed by atoms with Crippen LogP contribution in [0.3, 0.4) is 0 Å². The first kappa shape index (κ1) is 29.3. The van der Waals surface area contributed by atoms with Crippen LogP contribution in [-0.2, 0) is 22.9 Å². The molecule has 222 valence electrons. The van der Waals surface area contributed by atoms with E-state index in [1.165, 1.54) is 21.6 Å². The van der Waals surface area contributed by atoms with E-state index in [1.54, 1.807) is 45.0 Å². The Hall–Kier alpha value is -4.22. The zero-order valence-electron chi connectivity index (χ0n) is 23.5. The Morgan fingerprint density at radius 1 is 1.07 bits per heavy atom. The smallest absolute Gasteiger partial charge is 0.435 e. The first-order chi connectivity index (χ1) is 19.8. The molecule has 0 unspecified atom stereocenters. The lowest BCUT2D eigenvalue weighted by atomic mass is 9.81. The van der Waals surface area contributed by atoms with Crippen molar-refractivity contribution in [2.75, 3.05) is 26.7 Å². The Labute approximate surface area is 239 Å².